The molecule has 3 aromatic carbocycles. The van der Waals surface area contributed by atoms with Gasteiger partial charge in [-0.2, -0.15) is 0 Å². The van der Waals surface area contributed by atoms with Crippen LogP contribution in [0, 0.1) is 16.7 Å². The highest BCUT2D eigenvalue weighted by Gasteiger charge is 2.59. The summed E-state index contributed by atoms with van der Waals surface area (Å²) in [7, 11) is -4.09. The molecule has 0 radical (unpaired) electrons. The van der Waals surface area contributed by atoms with Gasteiger partial charge in [0.05, 0.1) is 21.0 Å². The van der Waals surface area contributed by atoms with Crippen LogP contribution in [0.15, 0.2) is 106 Å². The van der Waals surface area contributed by atoms with Crippen molar-refractivity contribution in [2.75, 3.05) is 5.75 Å². The van der Waals surface area contributed by atoms with E-state index in [9.17, 15) is 13.0 Å². The van der Waals surface area contributed by atoms with Gasteiger partial charge in [-0.3, -0.25) is 0 Å². The molecule has 174 valence electrons. The molecule has 0 N–H and O–H groups in total. The Kier molecular flexibility index (Phi) is 7.04. The van der Waals surface area contributed by atoms with Crippen molar-refractivity contribution >= 4 is 21.0 Å². The van der Waals surface area contributed by atoms with E-state index in [-0.39, 0.29) is 27.5 Å². The first-order valence-electron chi connectivity index (χ1n) is 11.5. The molecule has 2 fully saturated rings. The van der Waals surface area contributed by atoms with E-state index in [4.69, 9.17) is 0 Å². The normalized spacial score (nSPS) is 23.2. The zero-order valence-corrected chi connectivity index (χ0v) is 20.9. The van der Waals surface area contributed by atoms with Crippen LogP contribution in [0.3, 0.4) is 0 Å². The third-order valence-corrected chi connectivity index (χ3v) is 10.9. The van der Waals surface area contributed by atoms with Gasteiger partial charge < -0.3 is 4.55 Å². The minimum Gasteiger partial charge on any atom is -0.748 e. The molecule has 2 aliphatic rings. The minimum absolute atomic E-state index is 0.0146. The fraction of sp³-hybridized carbons (Fsp3) is 0.357. The lowest BCUT2D eigenvalue weighted by Gasteiger charge is -2.38. The first kappa shape index (κ1) is 24.1. The van der Waals surface area contributed by atoms with Crippen molar-refractivity contribution in [3.8, 4) is 0 Å². The number of hydrogen-bond acceptors (Lipinski definition) is 3. The van der Waals surface area contributed by atoms with Gasteiger partial charge in [-0.15, -0.1) is 0 Å². The second-order valence-electron chi connectivity index (χ2n) is 9.72. The van der Waals surface area contributed by atoms with Crippen molar-refractivity contribution in [1.82, 2.24) is 0 Å². The third-order valence-electron chi connectivity index (χ3n) is 7.72. The molecule has 0 aromatic heterocycles. The lowest BCUT2D eigenvalue weighted by atomic mass is 9.71. The smallest absolute Gasteiger partial charge is 0.166 e. The number of fused-ring (bicyclic) bond motifs is 2. The van der Waals surface area contributed by atoms with Crippen LogP contribution in [0.5, 0.6) is 0 Å². The monoisotopic (exact) mass is 480 g/mol. The number of hydrogen-bond donors (Lipinski definition) is 0. The Morgan fingerprint density at radius 3 is 1.39 bits per heavy atom. The van der Waals surface area contributed by atoms with Gasteiger partial charge >= 0.3 is 0 Å². The fourth-order valence-corrected chi connectivity index (χ4v) is 9.16. The van der Waals surface area contributed by atoms with Gasteiger partial charge in [-0.05, 0) is 78.8 Å². The highest BCUT2D eigenvalue weighted by atomic mass is 32.2. The third kappa shape index (κ3) is 5.21. The van der Waals surface area contributed by atoms with E-state index in [2.05, 4.69) is 105 Å². The first-order valence-corrected chi connectivity index (χ1v) is 14.4. The van der Waals surface area contributed by atoms with Crippen molar-refractivity contribution in [3.05, 3.63) is 91.0 Å². The lowest BCUT2D eigenvalue weighted by Crippen LogP contribution is -2.36. The van der Waals surface area contributed by atoms with Crippen LogP contribution in [-0.4, -0.2) is 18.7 Å². The molecule has 2 saturated carbocycles. The van der Waals surface area contributed by atoms with Crippen molar-refractivity contribution < 1.29 is 13.0 Å². The average Bonchev–Trinajstić information content (AvgIpc) is 3.18. The highest BCUT2D eigenvalue weighted by Crippen LogP contribution is 2.66. The molecule has 33 heavy (non-hydrogen) atoms. The molecule has 2 bridgehead atoms. The van der Waals surface area contributed by atoms with Crippen molar-refractivity contribution in [2.45, 2.75) is 54.2 Å². The summed E-state index contributed by atoms with van der Waals surface area (Å²) in [5.74, 6) is 0.480. The van der Waals surface area contributed by atoms with Crippen LogP contribution in [0.1, 0.15) is 39.5 Å². The molecule has 0 atom stereocenters. The molecule has 0 aliphatic heterocycles. The molecule has 0 saturated heterocycles. The fourth-order valence-electron chi connectivity index (χ4n) is 5.72. The molecule has 2 aliphatic carbocycles. The second kappa shape index (κ2) is 9.65. The standard InChI is InChI=1S/C18H15S.C10H18O3S/c1-4-10-16(11-5-1)19(17-12-6-2-7-13-17)18-14-8-3-9-15-18;1-9(2)8-3-5-10(9,6-4-8)7-14(11,12)13/h1-15H;8H,3-7H2,1-2H3,(H,11,12,13)/q+1;/p-1. The Morgan fingerprint density at radius 2 is 1.12 bits per heavy atom. The van der Waals surface area contributed by atoms with Crippen molar-refractivity contribution in [2.24, 2.45) is 16.7 Å². The topological polar surface area (TPSA) is 57.2 Å². The summed E-state index contributed by atoms with van der Waals surface area (Å²) in [5, 5.41) is 0. The van der Waals surface area contributed by atoms with Crippen LogP contribution in [0.2, 0.25) is 0 Å². The lowest BCUT2D eigenvalue weighted by molar-refractivity contribution is 0.152. The Labute approximate surface area is 201 Å². The van der Waals surface area contributed by atoms with E-state index in [0.29, 0.717) is 5.92 Å². The van der Waals surface area contributed by atoms with E-state index in [1.807, 2.05) is 0 Å². The zero-order chi connectivity index (χ0) is 23.5. The van der Waals surface area contributed by atoms with E-state index in [1.54, 1.807) is 0 Å². The van der Waals surface area contributed by atoms with Crippen LogP contribution in [0.4, 0.5) is 0 Å². The molecular formula is C28H32O3S2. The van der Waals surface area contributed by atoms with Crippen LogP contribution >= 0.6 is 0 Å². The first-order chi connectivity index (χ1) is 15.7. The van der Waals surface area contributed by atoms with Crippen LogP contribution in [0.25, 0.3) is 0 Å². The predicted octanol–water partition coefficient (Wildman–Crippen LogP) is 6.53. The predicted molar refractivity (Wildman–Crippen MR) is 134 cm³/mol. The maximum Gasteiger partial charge on any atom is 0.166 e. The Balaban J connectivity index is 0.000000165. The quantitative estimate of drug-likeness (QED) is 0.308. The summed E-state index contributed by atoms with van der Waals surface area (Å²) >= 11 is 0. The Bertz CT molecular complexity index is 1040. The summed E-state index contributed by atoms with van der Waals surface area (Å²) in [5.41, 5.74) is -0.164. The Hall–Kier alpha value is -2.08. The zero-order valence-electron chi connectivity index (χ0n) is 19.3. The van der Waals surface area contributed by atoms with E-state index >= 15 is 0 Å². The maximum absolute atomic E-state index is 10.9. The van der Waals surface area contributed by atoms with Crippen LogP contribution in [-0.2, 0) is 21.0 Å². The molecule has 3 aromatic rings. The summed E-state index contributed by atoms with van der Waals surface area (Å²) in [4.78, 5) is 4.08. The molecule has 5 heteroatoms. The van der Waals surface area contributed by atoms with Gasteiger partial charge in [0, 0.05) is 5.75 Å². The summed E-state index contributed by atoms with van der Waals surface area (Å²) < 4.78 is 32.7. The molecule has 0 spiro atoms. The minimum atomic E-state index is -4.07. The molecular weight excluding hydrogens is 448 g/mol. The largest absolute Gasteiger partial charge is 0.748 e. The molecule has 0 unspecified atom stereocenters. The maximum atomic E-state index is 10.9. The van der Waals surface area contributed by atoms with Crippen molar-refractivity contribution in [3.63, 3.8) is 0 Å². The number of rotatable bonds is 5. The summed E-state index contributed by atoms with van der Waals surface area (Å²) in [6, 6.07) is 32.2. The van der Waals surface area contributed by atoms with E-state index < -0.39 is 10.1 Å². The van der Waals surface area contributed by atoms with Gasteiger partial charge in [0.2, 0.25) is 0 Å². The molecule has 0 heterocycles. The van der Waals surface area contributed by atoms with Gasteiger partial charge in [-0.25, -0.2) is 8.42 Å². The van der Waals surface area contributed by atoms with Crippen molar-refractivity contribution in [1.29, 1.82) is 0 Å². The van der Waals surface area contributed by atoms with Gasteiger partial charge in [0.25, 0.3) is 0 Å². The second-order valence-corrected chi connectivity index (χ2v) is 13.2. The van der Waals surface area contributed by atoms with Gasteiger partial charge in [-0.1, -0.05) is 68.4 Å². The summed E-state index contributed by atoms with van der Waals surface area (Å²) in [6.07, 6.45) is 4.04. The van der Waals surface area contributed by atoms with Gasteiger partial charge in [0.1, 0.15) is 0 Å². The molecule has 3 nitrogen and oxygen atoms in total. The van der Waals surface area contributed by atoms with Gasteiger partial charge in [0.15, 0.2) is 14.7 Å². The summed E-state index contributed by atoms with van der Waals surface area (Å²) in [6.45, 7) is 4.26. The Morgan fingerprint density at radius 1 is 0.758 bits per heavy atom. The number of benzene rings is 3. The SMILES string of the molecule is CC1(C)C2CCC1(CS(=O)(=O)[O-])CC2.c1ccc([S+](c2ccccc2)c2ccccc2)cc1. The van der Waals surface area contributed by atoms with Crippen LogP contribution < -0.4 is 0 Å². The molecule has 0 amide bonds. The highest BCUT2D eigenvalue weighted by molar-refractivity contribution is 7.97. The van der Waals surface area contributed by atoms with E-state index in [1.165, 1.54) is 14.7 Å². The molecule has 5 rings (SSSR count). The average molecular weight is 481 g/mol. The van der Waals surface area contributed by atoms with E-state index in [0.717, 1.165) is 25.7 Å².